The monoisotopic (exact) mass is 354 g/mol. The molecule has 0 radical (unpaired) electrons. The van der Waals surface area contributed by atoms with Gasteiger partial charge in [-0.1, -0.05) is 6.07 Å². The van der Waals surface area contributed by atoms with Gasteiger partial charge in [0, 0.05) is 6.92 Å². The number of ether oxygens (including phenoxy) is 3. The van der Waals surface area contributed by atoms with Gasteiger partial charge in [-0.15, -0.1) is 0 Å². The van der Waals surface area contributed by atoms with Gasteiger partial charge in [0.2, 0.25) is 17.4 Å². The SMILES string of the molecule is [C-]#[N+]c1ccc(Oc2ccc3c(c2)COB3O)nc1OCCOC(C)=O. The summed E-state index contributed by atoms with van der Waals surface area (Å²) in [6.45, 7) is 8.92. The maximum atomic E-state index is 10.7. The first kappa shape index (κ1) is 17.7. The number of hydrogen-bond donors (Lipinski definition) is 1. The molecule has 1 aliphatic rings. The van der Waals surface area contributed by atoms with Gasteiger partial charge >= 0.3 is 13.1 Å². The largest absolute Gasteiger partial charge is 0.491 e. The number of rotatable bonds is 6. The van der Waals surface area contributed by atoms with Crippen LogP contribution in [0.15, 0.2) is 30.3 Å². The van der Waals surface area contributed by atoms with Crippen LogP contribution in [0, 0.1) is 6.57 Å². The molecule has 0 fully saturated rings. The number of fused-ring (bicyclic) bond motifs is 1. The van der Waals surface area contributed by atoms with E-state index >= 15 is 0 Å². The molecule has 1 aromatic heterocycles. The number of hydrogen-bond acceptors (Lipinski definition) is 7. The maximum absolute atomic E-state index is 10.7. The molecule has 0 saturated heterocycles. The van der Waals surface area contributed by atoms with E-state index in [2.05, 4.69) is 9.83 Å². The smallest absolute Gasteiger partial charge is 0.483 e. The maximum Gasteiger partial charge on any atom is 0.491 e. The van der Waals surface area contributed by atoms with Crippen molar-refractivity contribution >= 4 is 24.2 Å². The molecule has 8 nitrogen and oxygen atoms in total. The summed E-state index contributed by atoms with van der Waals surface area (Å²) in [7, 11) is -0.910. The average molecular weight is 354 g/mol. The van der Waals surface area contributed by atoms with Crippen molar-refractivity contribution < 1.29 is 28.7 Å². The van der Waals surface area contributed by atoms with Gasteiger partial charge in [0.1, 0.15) is 19.0 Å². The standard InChI is InChI=1S/C17H15BN2O6/c1-11(21)23-7-8-24-17-15(19-2)5-6-16(20-17)26-13-3-4-14-12(9-13)10-25-18(14)22/h3-6,9,22H,7-8,10H2,1H3. The van der Waals surface area contributed by atoms with Crippen LogP contribution in [0.4, 0.5) is 5.69 Å². The molecule has 0 amide bonds. The van der Waals surface area contributed by atoms with Gasteiger partial charge in [-0.2, -0.15) is 4.98 Å². The zero-order valence-corrected chi connectivity index (χ0v) is 14.0. The summed E-state index contributed by atoms with van der Waals surface area (Å²) in [5.41, 5.74) is 1.78. The predicted molar refractivity (Wildman–Crippen MR) is 91.5 cm³/mol. The molecule has 26 heavy (non-hydrogen) atoms. The second-order valence-electron chi connectivity index (χ2n) is 5.40. The van der Waals surface area contributed by atoms with Crippen LogP contribution < -0.4 is 14.9 Å². The molecule has 1 N–H and O–H groups in total. The van der Waals surface area contributed by atoms with Crippen molar-refractivity contribution in [2.45, 2.75) is 13.5 Å². The average Bonchev–Trinajstić information content (AvgIpc) is 2.99. The van der Waals surface area contributed by atoms with Gasteiger partial charge in [-0.05, 0) is 35.3 Å². The third kappa shape index (κ3) is 4.11. The van der Waals surface area contributed by atoms with Crippen molar-refractivity contribution in [2.24, 2.45) is 0 Å². The number of aromatic nitrogens is 1. The van der Waals surface area contributed by atoms with E-state index < -0.39 is 13.1 Å². The van der Waals surface area contributed by atoms with Gasteiger partial charge in [-0.3, -0.25) is 4.79 Å². The van der Waals surface area contributed by atoms with Crippen molar-refractivity contribution in [1.82, 2.24) is 4.98 Å². The quantitative estimate of drug-likeness (QED) is 0.365. The van der Waals surface area contributed by atoms with Crippen LogP contribution in [0.2, 0.25) is 0 Å². The van der Waals surface area contributed by atoms with E-state index in [9.17, 15) is 9.82 Å². The van der Waals surface area contributed by atoms with Gasteiger partial charge < -0.3 is 23.9 Å². The fourth-order valence-corrected chi connectivity index (χ4v) is 2.38. The Morgan fingerprint density at radius 2 is 2.23 bits per heavy atom. The van der Waals surface area contributed by atoms with E-state index in [0.717, 1.165) is 5.56 Å². The highest BCUT2D eigenvalue weighted by molar-refractivity contribution is 6.61. The third-order valence-corrected chi connectivity index (χ3v) is 3.56. The summed E-state index contributed by atoms with van der Waals surface area (Å²) in [5, 5.41) is 9.64. The van der Waals surface area contributed by atoms with Crippen molar-refractivity contribution in [1.29, 1.82) is 0 Å². The van der Waals surface area contributed by atoms with Crippen LogP contribution in [0.1, 0.15) is 12.5 Å². The van der Waals surface area contributed by atoms with Crippen molar-refractivity contribution in [2.75, 3.05) is 13.2 Å². The summed E-state index contributed by atoms with van der Waals surface area (Å²) in [6.07, 6.45) is 0. The Hall–Kier alpha value is -3.09. The minimum atomic E-state index is -0.910. The molecule has 0 atom stereocenters. The van der Waals surface area contributed by atoms with E-state index in [1.165, 1.54) is 13.0 Å². The minimum Gasteiger partial charge on any atom is -0.483 e. The van der Waals surface area contributed by atoms with Gasteiger partial charge in [0.25, 0.3) is 0 Å². The number of pyridine rings is 1. The Kier molecular flexibility index (Phi) is 5.36. The second-order valence-corrected chi connectivity index (χ2v) is 5.40. The lowest BCUT2D eigenvalue weighted by Crippen LogP contribution is -2.27. The molecule has 132 valence electrons. The third-order valence-electron chi connectivity index (χ3n) is 3.56. The summed E-state index contributed by atoms with van der Waals surface area (Å²) in [6, 6.07) is 8.29. The van der Waals surface area contributed by atoms with Gasteiger partial charge in [0.05, 0.1) is 13.2 Å². The number of carbonyl (C=O) groups excluding carboxylic acids is 1. The first-order chi connectivity index (χ1) is 12.6. The van der Waals surface area contributed by atoms with E-state index in [0.29, 0.717) is 17.8 Å². The van der Waals surface area contributed by atoms with Gasteiger partial charge in [-0.25, -0.2) is 4.85 Å². The number of benzene rings is 1. The lowest BCUT2D eigenvalue weighted by Gasteiger charge is -2.10. The molecule has 3 rings (SSSR count). The van der Waals surface area contributed by atoms with E-state index in [4.69, 9.17) is 25.4 Å². The van der Waals surface area contributed by atoms with Crippen molar-refractivity contribution in [3.63, 3.8) is 0 Å². The summed E-state index contributed by atoms with van der Waals surface area (Å²) >= 11 is 0. The Bertz CT molecular complexity index is 867. The Balaban J connectivity index is 1.71. The van der Waals surface area contributed by atoms with Crippen LogP contribution in [-0.2, 0) is 20.8 Å². The Labute approximate surface area is 150 Å². The zero-order chi connectivity index (χ0) is 18.5. The summed E-state index contributed by atoms with van der Waals surface area (Å²) < 4.78 is 21.0. The molecular weight excluding hydrogens is 339 g/mol. The van der Waals surface area contributed by atoms with Crippen LogP contribution in [-0.4, -0.2) is 36.3 Å². The van der Waals surface area contributed by atoms with Crippen LogP contribution >= 0.6 is 0 Å². The van der Waals surface area contributed by atoms with Gasteiger partial charge in [0.15, 0.2) is 0 Å². The normalized spacial score (nSPS) is 12.3. The van der Waals surface area contributed by atoms with Crippen LogP contribution in [0.3, 0.4) is 0 Å². The van der Waals surface area contributed by atoms with E-state index in [-0.39, 0.29) is 30.7 Å². The van der Waals surface area contributed by atoms with E-state index in [1.807, 2.05) is 0 Å². The lowest BCUT2D eigenvalue weighted by atomic mass is 9.80. The lowest BCUT2D eigenvalue weighted by molar-refractivity contribution is -0.141. The number of carbonyl (C=O) groups is 1. The number of esters is 1. The minimum absolute atomic E-state index is 0.0622. The Morgan fingerprint density at radius 3 is 3.00 bits per heavy atom. The van der Waals surface area contributed by atoms with E-state index in [1.54, 1.807) is 24.3 Å². The highest BCUT2D eigenvalue weighted by Crippen LogP contribution is 2.30. The van der Waals surface area contributed by atoms with Crippen molar-refractivity contribution in [3.05, 3.63) is 47.3 Å². The summed E-state index contributed by atoms with van der Waals surface area (Å²) in [4.78, 5) is 18.3. The molecule has 0 spiro atoms. The van der Waals surface area contributed by atoms with Crippen LogP contribution in [0.25, 0.3) is 4.85 Å². The molecule has 1 aliphatic heterocycles. The molecule has 0 saturated carbocycles. The van der Waals surface area contributed by atoms with Crippen LogP contribution in [0.5, 0.6) is 17.5 Å². The Morgan fingerprint density at radius 1 is 1.38 bits per heavy atom. The topological polar surface area (TPSA) is 91.5 Å². The molecule has 0 bridgehead atoms. The molecule has 0 aliphatic carbocycles. The van der Waals surface area contributed by atoms with Crippen molar-refractivity contribution in [3.8, 4) is 17.5 Å². The zero-order valence-electron chi connectivity index (χ0n) is 14.0. The molecule has 2 aromatic rings. The fourth-order valence-electron chi connectivity index (χ4n) is 2.38. The molecule has 2 heterocycles. The number of nitrogens with zero attached hydrogens (tertiary/aromatic N) is 2. The summed E-state index contributed by atoms with van der Waals surface area (Å²) in [5.74, 6) is 0.467. The predicted octanol–water partition coefficient (Wildman–Crippen LogP) is 1.58. The molecule has 9 heteroatoms. The fraction of sp³-hybridized carbons (Fsp3) is 0.235. The first-order valence-corrected chi connectivity index (χ1v) is 7.82. The second kappa shape index (κ2) is 7.86. The molecule has 1 aromatic carbocycles. The molecular formula is C17H15BN2O6. The highest BCUT2D eigenvalue weighted by Gasteiger charge is 2.27. The molecule has 0 unspecified atom stereocenters. The first-order valence-electron chi connectivity index (χ1n) is 7.82. The highest BCUT2D eigenvalue weighted by atomic mass is 16.6.